The highest BCUT2D eigenvalue weighted by Crippen LogP contribution is 2.30. The molecule has 2 heterocycles. The van der Waals surface area contributed by atoms with Crippen LogP contribution in [0.3, 0.4) is 0 Å². The lowest BCUT2D eigenvalue weighted by Gasteiger charge is -2.22. The van der Waals surface area contributed by atoms with Gasteiger partial charge in [0.1, 0.15) is 5.82 Å². The number of nitrogens with one attached hydrogen (secondary N) is 1. The van der Waals surface area contributed by atoms with E-state index in [0.29, 0.717) is 24.5 Å². The van der Waals surface area contributed by atoms with E-state index in [1.54, 1.807) is 12.1 Å². The Morgan fingerprint density at radius 2 is 1.96 bits per heavy atom. The molecule has 0 saturated carbocycles. The monoisotopic (exact) mass is 319 g/mol. The van der Waals surface area contributed by atoms with E-state index in [0.717, 1.165) is 16.6 Å². The van der Waals surface area contributed by atoms with Crippen LogP contribution in [0.4, 0.5) is 5.69 Å². The maximum absolute atomic E-state index is 12.7. The number of para-hydroxylation sites is 2. The Bertz CT molecular complexity index is 944. The van der Waals surface area contributed by atoms with E-state index in [9.17, 15) is 9.59 Å². The molecular formula is C19H17N3O2. The van der Waals surface area contributed by atoms with E-state index in [1.807, 2.05) is 47.9 Å². The quantitative estimate of drug-likeness (QED) is 0.738. The van der Waals surface area contributed by atoms with Gasteiger partial charge >= 0.3 is 0 Å². The lowest BCUT2D eigenvalue weighted by Crippen LogP contribution is -2.34. The van der Waals surface area contributed by atoms with Crippen LogP contribution in [-0.4, -0.2) is 21.2 Å². The van der Waals surface area contributed by atoms with Crippen molar-refractivity contribution < 1.29 is 9.59 Å². The van der Waals surface area contributed by atoms with Crippen LogP contribution in [0.15, 0.2) is 48.5 Å². The lowest BCUT2D eigenvalue weighted by atomic mass is 9.96. The van der Waals surface area contributed by atoms with Crippen molar-refractivity contribution >= 4 is 28.4 Å². The number of carbonyl (C=O) groups is 2. The molecule has 4 rings (SSSR count). The minimum atomic E-state index is -0.856. The van der Waals surface area contributed by atoms with Gasteiger partial charge in [0.2, 0.25) is 5.91 Å². The van der Waals surface area contributed by atoms with Crippen LogP contribution in [0.1, 0.15) is 23.7 Å². The number of benzene rings is 2. The zero-order valence-electron chi connectivity index (χ0n) is 13.3. The molecule has 0 spiro atoms. The van der Waals surface area contributed by atoms with Crippen LogP contribution in [0, 0.1) is 6.92 Å². The maximum Gasteiger partial charge on any atom is 0.242 e. The van der Waals surface area contributed by atoms with Crippen LogP contribution in [-0.2, 0) is 16.1 Å². The van der Waals surface area contributed by atoms with Gasteiger partial charge in [-0.2, -0.15) is 0 Å². The second kappa shape index (κ2) is 5.60. The molecule has 0 radical (unpaired) electrons. The molecule has 0 fully saturated rings. The van der Waals surface area contributed by atoms with Gasteiger partial charge in [-0.25, -0.2) is 4.98 Å². The molecule has 1 amide bonds. The molecule has 2 aromatic carbocycles. The Kier molecular flexibility index (Phi) is 3.41. The zero-order valence-corrected chi connectivity index (χ0v) is 13.3. The first-order chi connectivity index (χ1) is 11.6. The van der Waals surface area contributed by atoms with Crippen molar-refractivity contribution in [3.05, 3.63) is 59.9 Å². The molecule has 1 N–H and O–H groups in total. The van der Waals surface area contributed by atoms with Crippen molar-refractivity contribution in [1.29, 1.82) is 0 Å². The highest BCUT2D eigenvalue weighted by molar-refractivity contribution is 6.12. The molecule has 1 aromatic heterocycles. The summed E-state index contributed by atoms with van der Waals surface area (Å²) in [4.78, 5) is 29.8. The topological polar surface area (TPSA) is 64.0 Å². The fourth-order valence-electron chi connectivity index (χ4n) is 3.27. The normalized spacial score (nSPS) is 16.9. The molecule has 1 aliphatic heterocycles. The second-order valence-corrected chi connectivity index (χ2v) is 6.07. The predicted octanol–water partition coefficient (Wildman–Crippen LogP) is 3.04. The van der Waals surface area contributed by atoms with E-state index in [4.69, 9.17) is 0 Å². The number of nitrogens with zero attached hydrogens (tertiary/aromatic N) is 2. The average Bonchev–Trinajstić information content (AvgIpc) is 2.95. The van der Waals surface area contributed by atoms with E-state index >= 15 is 0 Å². The molecule has 0 saturated heterocycles. The summed E-state index contributed by atoms with van der Waals surface area (Å²) >= 11 is 0. The van der Waals surface area contributed by atoms with Gasteiger partial charge in [0, 0.05) is 18.7 Å². The Labute approximate surface area is 139 Å². The zero-order chi connectivity index (χ0) is 16.7. The number of rotatable bonds is 2. The summed E-state index contributed by atoms with van der Waals surface area (Å²) in [5, 5.41) is 2.83. The number of aromatic nitrogens is 2. The number of carbonyl (C=O) groups excluding carboxylic acids is 2. The predicted molar refractivity (Wildman–Crippen MR) is 91.9 cm³/mol. The fraction of sp³-hybridized carbons (Fsp3) is 0.211. The van der Waals surface area contributed by atoms with Gasteiger partial charge in [-0.3, -0.25) is 9.59 Å². The van der Waals surface area contributed by atoms with Crippen molar-refractivity contribution in [1.82, 2.24) is 9.55 Å². The summed E-state index contributed by atoms with van der Waals surface area (Å²) < 4.78 is 2.00. The van der Waals surface area contributed by atoms with Gasteiger partial charge in [0.15, 0.2) is 11.7 Å². The Balaban J connectivity index is 1.77. The third-order valence-corrected chi connectivity index (χ3v) is 4.48. The van der Waals surface area contributed by atoms with Crippen molar-refractivity contribution in [2.45, 2.75) is 25.8 Å². The third-order valence-electron chi connectivity index (χ3n) is 4.48. The lowest BCUT2D eigenvalue weighted by molar-refractivity contribution is -0.128. The average molecular weight is 319 g/mol. The summed E-state index contributed by atoms with van der Waals surface area (Å²) in [5.41, 5.74) is 3.57. The van der Waals surface area contributed by atoms with Gasteiger partial charge in [0.05, 0.1) is 11.0 Å². The van der Waals surface area contributed by atoms with Crippen LogP contribution in [0.5, 0.6) is 0 Å². The molecule has 3 aromatic rings. The molecule has 0 bridgehead atoms. The number of Topliss-reactive ketones (excluding diaryl/α,β-unsaturated/α-hetero) is 1. The number of ketones is 1. The minimum absolute atomic E-state index is 0.0797. The summed E-state index contributed by atoms with van der Waals surface area (Å²) in [6, 6.07) is 15.1. The van der Waals surface area contributed by atoms with E-state index in [1.165, 1.54) is 0 Å². The van der Waals surface area contributed by atoms with Gasteiger partial charge < -0.3 is 9.88 Å². The first-order valence-electron chi connectivity index (χ1n) is 7.99. The van der Waals surface area contributed by atoms with E-state index in [2.05, 4.69) is 10.3 Å². The SMILES string of the molecule is Cc1cccc2c1nc1n2CCC(=O)C1C(=O)Nc1ccccc1. The van der Waals surface area contributed by atoms with Crippen molar-refractivity contribution in [2.75, 3.05) is 5.32 Å². The first-order valence-corrected chi connectivity index (χ1v) is 7.99. The summed E-state index contributed by atoms with van der Waals surface area (Å²) in [7, 11) is 0. The van der Waals surface area contributed by atoms with Gasteiger partial charge in [-0.05, 0) is 30.7 Å². The molecule has 1 unspecified atom stereocenters. The van der Waals surface area contributed by atoms with Crippen LogP contribution in [0.2, 0.25) is 0 Å². The maximum atomic E-state index is 12.7. The standard InChI is InChI=1S/C19H17N3O2/c1-12-6-5-9-14-17(12)21-18-16(15(23)10-11-22(14)18)19(24)20-13-7-3-2-4-8-13/h2-9,16H,10-11H2,1H3,(H,20,24). The number of hydrogen-bond acceptors (Lipinski definition) is 3. The van der Waals surface area contributed by atoms with Crippen LogP contribution < -0.4 is 5.32 Å². The number of imidazole rings is 1. The Hall–Kier alpha value is -2.95. The summed E-state index contributed by atoms with van der Waals surface area (Å²) in [6.07, 6.45) is 0.347. The highest BCUT2D eigenvalue weighted by atomic mass is 16.2. The number of hydrogen-bond donors (Lipinski definition) is 1. The molecule has 1 aliphatic rings. The first kappa shape index (κ1) is 14.6. The van der Waals surface area contributed by atoms with Gasteiger partial charge in [-0.15, -0.1) is 0 Å². The molecule has 24 heavy (non-hydrogen) atoms. The number of fused-ring (bicyclic) bond motifs is 3. The second-order valence-electron chi connectivity index (χ2n) is 6.07. The molecule has 5 heteroatoms. The summed E-state index contributed by atoms with van der Waals surface area (Å²) in [6.45, 7) is 2.56. The molecule has 120 valence electrons. The van der Waals surface area contributed by atoms with Crippen molar-refractivity contribution in [3.8, 4) is 0 Å². The third kappa shape index (κ3) is 2.29. The Morgan fingerprint density at radius 1 is 1.17 bits per heavy atom. The molecule has 5 nitrogen and oxygen atoms in total. The number of amides is 1. The largest absolute Gasteiger partial charge is 0.326 e. The van der Waals surface area contributed by atoms with Crippen molar-refractivity contribution in [3.63, 3.8) is 0 Å². The summed E-state index contributed by atoms with van der Waals surface area (Å²) in [5.74, 6) is -0.710. The van der Waals surface area contributed by atoms with Crippen LogP contribution >= 0.6 is 0 Å². The fourth-order valence-corrected chi connectivity index (χ4v) is 3.27. The molecule has 1 atom stereocenters. The van der Waals surface area contributed by atoms with Crippen molar-refractivity contribution in [2.24, 2.45) is 0 Å². The Morgan fingerprint density at radius 3 is 2.75 bits per heavy atom. The van der Waals surface area contributed by atoms with Gasteiger partial charge in [0.25, 0.3) is 0 Å². The van der Waals surface area contributed by atoms with Crippen LogP contribution in [0.25, 0.3) is 11.0 Å². The molecule has 0 aliphatic carbocycles. The molecular weight excluding hydrogens is 302 g/mol. The van der Waals surface area contributed by atoms with Gasteiger partial charge in [-0.1, -0.05) is 30.3 Å². The minimum Gasteiger partial charge on any atom is -0.326 e. The van der Waals surface area contributed by atoms with E-state index in [-0.39, 0.29) is 11.7 Å². The van der Waals surface area contributed by atoms with E-state index < -0.39 is 5.92 Å². The number of aryl methyl sites for hydroxylation is 2. The smallest absolute Gasteiger partial charge is 0.242 e. The number of anilines is 1. The highest BCUT2D eigenvalue weighted by Gasteiger charge is 2.36.